The molecule has 0 fully saturated rings. The number of carbonyl (C=O) groups is 1. The number of halogens is 1. The number of rotatable bonds is 4. The van der Waals surface area contributed by atoms with Crippen LogP contribution in [0.4, 0.5) is 0 Å². The summed E-state index contributed by atoms with van der Waals surface area (Å²) in [5.74, 6) is -0.158. The van der Waals surface area contributed by atoms with Crippen molar-refractivity contribution in [2.45, 2.75) is 6.92 Å². The minimum atomic E-state index is -0.355. The van der Waals surface area contributed by atoms with Gasteiger partial charge < -0.3 is 9.47 Å². The summed E-state index contributed by atoms with van der Waals surface area (Å²) in [6.45, 7) is 1.81. The summed E-state index contributed by atoms with van der Waals surface area (Å²) < 4.78 is 10.4. The quantitative estimate of drug-likeness (QED) is 0.778. The molecular formula is C15H12BrN3O3. The Kier molecular flexibility index (Phi) is 4.73. The van der Waals surface area contributed by atoms with Crippen molar-refractivity contribution in [1.82, 2.24) is 9.97 Å². The van der Waals surface area contributed by atoms with Crippen molar-refractivity contribution < 1.29 is 14.3 Å². The Balaban J connectivity index is 2.59. The lowest BCUT2D eigenvalue weighted by Crippen LogP contribution is -2.09. The molecule has 2 rings (SSSR count). The molecule has 0 bridgehead atoms. The van der Waals surface area contributed by atoms with E-state index in [1.54, 1.807) is 12.1 Å². The highest BCUT2D eigenvalue weighted by molar-refractivity contribution is 9.10. The van der Waals surface area contributed by atoms with Gasteiger partial charge >= 0.3 is 6.01 Å². The van der Waals surface area contributed by atoms with Crippen LogP contribution >= 0.6 is 15.9 Å². The van der Waals surface area contributed by atoms with Gasteiger partial charge in [-0.15, -0.1) is 0 Å². The zero-order chi connectivity index (χ0) is 16.3. The Hall–Kier alpha value is -2.46. The molecule has 0 amide bonds. The Morgan fingerprint density at radius 2 is 1.95 bits per heavy atom. The first-order valence-corrected chi connectivity index (χ1v) is 7.01. The summed E-state index contributed by atoms with van der Waals surface area (Å²) in [7, 11) is 2.83. The van der Waals surface area contributed by atoms with Crippen molar-refractivity contribution in [3.63, 3.8) is 0 Å². The summed E-state index contributed by atoms with van der Waals surface area (Å²) in [6.07, 6.45) is 0. The predicted molar refractivity (Wildman–Crippen MR) is 82.2 cm³/mol. The molecule has 0 aliphatic heterocycles. The third-order valence-corrected chi connectivity index (χ3v) is 3.57. The second-order valence-electron chi connectivity index (χ2n) is 4.41. The van der Waals surface area contributed by atoms with E-state index in [4.69, 9.17) is 14.7 Å². The van der Waals surface area contributed by atoms with E-state index in [0.717, 1.165) is 5.56 Å². The third kappa shape index (κ3) is 3.07. The lowest BCUT2D eigenvalue weighted by atomic mass is 10.0. The molecule has 2 aromatic rings. The average molecular weight is 362 g/mol. The van der Waals surface area contributed by atoms with Gasteiger partial charge in [0.15, 0.2) is 0 Å². The van der Waals surface area contributed by atoms with E-state index in [1.807, 2.05) is 13.0 Å². The SMILES string of the molecule is COc1nc(OC)c(Br)c(C(=O)c2cc(C)cc(C#N)c2)n1. The fourth-order valence-electron chi connectivity index (χ4n) is 1.90. The monoisotopic (exact) mass is 361 g/mol. The number of carbonyl (C=O) groups excluding carboxylic acids is 1. The van der Waals surface area contributed by atoms with Crippen LogP contribution in [0.3, 0.4) is 0 Å². The topological polar surface area (TPSA) is 85.1 Å². The highest BCUT2D eigenvalue weighted by Crippen LogP contribution is 2.29. The van der Waals surface area contributed by atoms with Crippen LogP contribution in [-0.4, -0.2) is 30.0 Å². The zero-order valence-electron chi connectivity index (χ0n) is 12.2. The number of benzene rings is 1. The number of aryl methyl sites for hydroxylation is 1. The lowest BCUT2D eigenvalue weighted by Gasteiger charge is -2.09. The molecule has 0 aliphatic carbocycles. The van der Waals surface area contributed by atoms with Gasteiger partial charge in [0.2, 0.25) is 11.7 Å². The molecule has 1 aromatic heterocycles. The van der Waals surface area contributed by atoms with Crippen molar-refractivity contribution in [2.24, 2.45) is 0 Å². The molecule has 0 saturated carbocycles. The van der Waals surface area contributed by atoms with Gasteiger partial charge in [0.05, 0.1) is 25.9 Å². The third-order valence-electron chi connectivity index (χ3n) is 2.86. The number of nitriles is 1. The van der Waals surface area contributed by atoms with Gasteiger partial charge in [0, 0.05) is 5.56 Å². The molecule has 112 valence electrons. The maximum absolute atomic E-state index is 12.7. The van der Waals surface area contributed by atoms with Crippen LogP contribution in [0.25, 0.3) is 0 Å². The Morgan fingerprint density at radius 3 is 2.55 bits per heavy atom. The molecule has 0 aliphatic rings. The average Bonchev–Trinajstić information content (AvgIpc) is 2.53. The van der Waals surface area contributed by atoms with Crippen LogP contribution < -0.4 is 9.47 Å². The molecule has 22 heavy (non-hydrogen) atoms. The molecule has 7 heteroatoms. The first-order chi connectivity index (χ1) is 10.5. The van der Waals surface area contributed by atoms with E-state index in [0.29, 0.717) is 15.6 Å². The van der Waals surface area contributed by atoms with Crippen LogP contribution in [-0.2, 0) is 0 Å². The summed E-state index contributed by atoms with van der Waals surface area (Å²) in [4.78, 5) is 20.7. The molecule has 0 atom stereocenters. The maximum Gasteiger partial charge on any atom is 0.320 e. The van der Waals surface area contributed by atoms with Gasteiger partial charge in [-0.25, -0.2) is 0 Å². The number of hydrogen-bond donors (Lipinski definition) is 0. The standard InChI is InChI=1S/C15H12BrN3O3/c1-8-4-9(7-17)6-10(5-8)13(20)12-11(16)14(21-2)19-15(18-12)22-3/h4-6H,1-3H3. The zero-order valence-corrected chi connectivity index (χ0v) is 13.8. The van der Waals surface area contributed by atoms with Crippen LogP contribution in [0, 0.1) is 18.3 Å². The van der Waals surface area contributed by atoms with E-state index in [1.165, 1.54) is 20.3 Å². The molecule has 0 radical (unpaired) electrons. The lowest BCUT2D eigenvalue weighted by molar-refractivity contribution is 0.103. The van der Waals surface area contributed by atoms with Crippen LogP contribution in [0.1, 0.15) is 27.2 Å². The van der Waals surface area contributed by atoms with E-state index in [-0.39, 0.29) is 23.4 Å². The van der Waals surface area contributed by atoms with E-state index < -0.39 is 0 Å². The van der Waals surface area contributed by atoms with Gasteiger partial charge in [0.1, 0.15) is 10.2 Å². The van der Waals surface area contributed by atoms with Gasteiger partial charge in [-0.3, -0.25) is 4.79 Å². The molecule has 0 saturated heterocycles. The normalized spacial score (nSPS) is 9.95. The fraction of sp³-hybridized carbons (Fsp3) is 0.200. The molecule has 6 nitrogen and oxygen atoms in total. The number of ether oxygens (including phenoxy) is 2. The van der Waals surface area contributed by atoms with E-state index >= 15 is 0 Å². The molecule has 0 spiro atoms. The Morgan fingerprint density at radius 1 is 1.23 bits per heavy atom. The second-order valence-corrected chi connectivity index (χ2v) is 5.20. The summed E-state index contributed by atoms with van der Waals surface area (Å²) in [5, 5.41) is 9.02. The summed E-state index contributed by atoms with van der Waals surface area (Å²) in [6, 6.07) is 6.96. The predicted octanol–water partition coefficient (Wildman–Crippen LogP) is 2.67. The van der Waals surface area contributed by atoms with E-state index in [9.17, 15) is 4.79 Å². The maximum atomic E-state index is 12.7. The second kappa shape index (κ2) is 6.54. The number of methoxy groups -OCH3 is 2. The molecule has 0 unspecified atom stereocenters. The largest absolute Gasteiger partial charge is 0.480 e. The highest BCUT2D eigenvalue weighted by Gasteiger charge is 2.21. The summed E-state index contributed by atoms with van der Waals surface area (Å²) in [5.41, 5.74) is 1.69. The fourth-order valence-corrected chi connectivity index (χ4v) is 2.42. The molecule has 1 heterocycles. The Labute approximate surface area is 135 Å². The highest BCUT2D eigenvalue weighted by atomic mass is 79.9. The minimum Gasteiger partial charge on any atom is -0.480 e. The van der Waals surface area contributed by atoms with Crippen LogP contribution in [0.5, 0.6) is 11.9 Å². The van der Waals surface area contributed by atoms with Gasteiger partial charge in [-0.05, 0) is 46.6 Å². The van der Waals surface area contributed by atoms with Gasteiger partial charge in [-0.1, -0.05) is 0 Å². The molecule has 0 N–H and O–H groups in total. The summed E-state index contributed by atoms with van der Waals surface area (Å²) >= 11 is 3.27. The van der Waals surface area contributed by atoms with Crippen molar-refractivity contribution >= 4 is 21.7 Å². The smallest absolute Gasteiger partial charge is 0.320 e. The van der Waals surface area contributed by atoms with Crippen LogP contribution in [0.2, 0.25) is 0 Å². The van der Waals surface area contributed by atoms with Crippen molar-refractivity contribution in [3.05, 3.63) is 45.1 Å². The first-order valence-electron chi connectivity index (χ1n) is 6.22. The van der Waals surface area contributed by atoms with Crippen molar-refractivity contribution in [2.75, 3.05) is 14.2 Å². The van der Waals surface area contributed by atoms with Crippen LogP contribution in [0.15, 0.2) is 22.7 Å². The van der Waals surface area contributed by atoms with Gasteiger partial charge in [-0.2, -0.15) is 15.2 Å². The number of hydrogen-bond acceptors (Lipinski definition) is 6. The first kappa shape index (κ1) is 15.9. The number of nitrogens with zero attached hydrogens (tertiary/aromatic N) is 3. The minimum absolute atomic E-state index is 0.0246. The Bertz CT molecular complexity index is 784. The van der Waals surface area contributed by atoms with Gasteiger partial charge in [0.25, 0.3) is 0 Å². The molecular weight excluding hydrogens is 350 g/mol. The van der Waals surface area contributed by atoms with Crippen molar-refractivity contribution in [3.8, 4) is 18.0 Å². The van der Waals surface area contributed by atoms with Crippen molar-refractivity contribution in [1.29, 1.82) is 5.26 Å². The van der Waals surface area contributed by atoms with E-state index in [2.05, 4.69) is 25.9 Å². The number of ketones is 1. The number of aromatic nitrogens is 2. The molecule has 1 aromatic carbocycles.